The summed E-state index contributed by atoms with van der Waals surface area (Å²) in [5.74, 6) is 0.874. The summed E-state index contributed by atoms with van der Waals surface area (Å²) in [4.78, 5) is 8.19. The average molecular weight is 257 g/mol. The van der Waals surface area contributed by atoms with E-state index in [0.29, 0.717) is 11.6 Å². The van der Waals surface area contributed by atoms with Crippen molar-refractivity contribution in [3.05, 3.63) is 36.2 Å². The zero-order chi connectivity index (χ0) is 14.0. The molecule has 4 heteroatoms. The van der Waals surface area contributed by atoms with Gasteiger partial charge in [0.05, 0.1) is 7.11 Å². The molecule has 0 saturated carbocycles. The lowest BCUT2D eigenvalue weighted by molar-refractivity contribution is 0.415. The van der Waals surface area contributed by atoms with Crippen LogP contribution in [0.4, 0.5) is 5.82 Å². The first-order valence-electron chi connectivity index (χ1n) is 6.19. The Bertz CT molecular complexity index is 571. The van der Waals surface area contributed by atoms with Gasteiger partial charge in [-0.1, -0.05) is 45.0 Å². The average Bonchev–Trinajstić information content (AvgIpc) is 2.37. The minimum atomic E-state index is 0.132. The van der Waals surface area contributed by atoms with Crippen molar-refractivity contribution in [1.29, 1.82) is 0 Å². The Balaban J connectivity index is 2.46. The highest BCUT2D eigenvalue weighted by Crippen LogP contribution is 2.32. The van der Waals surface area contributed by atoms with Crippen molar-refractivity contribution in [2.75, 3.05) is 12.8 Å². The van der Waals surface area contributed by atoms with Crippen LogP contribution in [0.3, 0.4) is 0 Å². The molecule has 0 bridgehead atoms. The van der Waals surface area contributed by atoms with E-state index < -0.39 is 0 Å². The maximum Gasteiger partial charge on any atom is 0.187 e. The normalized spacial score (nSPS) is 11.4. The number of rotatable bonds is 2. The molecule has 2 rings (SSSR count). The summed E-state index contributed by atoms with van der Waals surface area (Å²) in [5.41, 5.74) is 8.89. The van der Waals surface area contributed by atoms with Gasteiger partial charge in [0.1, 0.15) is 12.0 Å². The van der Waals surface area contributed by atoms with E-state index >= 15 is 0 Å². The van der Waals surface area contributed by atoms with Gasteiger partial charge in [0.15, 0.2) is 11.6 Å². The van der Waals surface area contributed by atoms with E-state index in [1.165, 1.54) is 11.9 Å². The van der Waals surface area contributed by atoms with Crippen LogP contribution in [0.5, 0.6) is 5.75 Å². The zero-order valence-electron chi connectivity index (χ0n) is 11.8. The van der Waals surface area contributed by atoms with Gasteiger partial charge in [-0.25, -0.2) is 9.97 Å². The Kier molecular flexibility index (Phi) is 3.42. The standard InChI is InChI=1S/C15H19N3O/c1-15(2,3)11-7-5-10(6-8-11)12-13(19-4)14(16)18-9-17-12/h5-9H,1-4H3,(H2,16,17,18). The van der Waals surface area contributed by atoms with Gasteiger partial charge in [0.2, 0.25) is 0 Å². The van der Waals surface area contributed by atoms with Crippen molar-refractivity contribution in [2.24, 2.45) is 0 Å². The maximum atomic E-state index is 5.79. The fourth-order valence-corrected chi connectivity index (χ4v) is 1.92. The van der Waals surface area contributed by atoms with Gasteiger partial charge in [-0.2, -0.15) is 0 Å². The van der Waals surface area contributed by atoms with E-state index in [1.54, 1.807) is 7.11 Å². The molecule has 19 heavy (non-hydrogen) atoms. The molecule has 2 N–H and O–H groups in total. The second-order valence-electron chi connectivity index (χ2n) is 5.47. The number of nitrogens with zero attached hydrogens (tertiary/aromatic N) is 2. The van der Waals surface area contributed by atoms with Gasteiger partial charge in [0.25, 0.3) is 0 Å². The fraction of sp³-hybridized carbons (Fsp3) is 0.333. The molecule has 0 aliphatic carbocycles. The molecule has 0 aliphatic rings. The van der Waals surface area contributed by atoms with Crippen molar-refractivity contribution in [1.82, 2.24) is 9.97 Å². The number of hydrogen-bond donors (Lipinski definition) is 1. The van der Waals surface area contributed by atoms with Gasteiger partial charge in [-0.3, -0.25) is 0 Å². The molecule has 100 valence electrons. The number of aromatic nitrogens is 2. The second kappa shape index (κ2) is 4.88. The highest BCUT2D eigenvalue weighted by atomic mass is 16.5. The van der Waals surface area contributed by atoms with Crippen LogP contribution in [-0.2, 0) is 5.41 Å². The molecule has 0 unspecified atom stereocenters. The molecule has 0 saturated heterocycles. The molecule has 2 aromatic rings. The highest BCUT2D eigenvalue weighted by Gasteiger charge is 2.15. The summed E-state index contributed by atoms with van der Waals surface area (Å²) in [6.07, 6.45) is 1.45. The Morgan fingerprint density at radius 3 is 2.21 bits per heavy atom. The lowest BCUT2D eigenvalue weighted by atomic mass is 9.86. The van der Waals surface area contributed by atoms with E-state index in [0.717, 1.165) is 11.3 Å². The number of nitrogen functional groups attached to an aromatic ring is 1. The van der Waals surface area contributed by atoms with E-state index in [9.17, 15) is 0 Å². The molecule has 1 aromatic heterocycles. The molecule has 0 aliphatic heterocycles. The first-order valence-corrected chi connectivity index (χ1v) is 6.19. The predicted octanol–water partition coefficient (Wildman–Crippen LogP) is 3.03. The van der Waals surface area contributed by atoms with Gasteiger partial charge in [0, 0.05) is 5.56 Å². The first kappa shape index (κ1) is 13.3. The minimum absolute atomic E-state index is 0.132. The van der Waals surface area contributed by atoms with Crippen molar-refractivity contribution in [3.63, 3.8) is 0 Å². The molecule has 1 aromatic carbocycles. The lowest BCUT2D eigenvalue weighted by Gasteiger charge is -2.19. The molecule has 0 spiro atoms. The van der Waals surface area contributed by atoms with Gasteiger partial charge in [-0.15, -0.1) is 0 Å². The number of methoxy groups -OCH3 is 1. The van der Waals surface area contributed by atoms with Crippen LogP contribution < -0.4 is 10.5 Å². The molecule has 0 amide bonds. The Morgan fingerprint density at radius 2 is 1.68 bits per heavy atom. The summed E-state index contributed by atoms with van der Waals surface area (Å²) in [5, 5.41) is 0. The fourth-order valence-electron chi connectivity index (χ4n) is 1.92. The molecule has 0 radical (unpaired) electrons. The van der Waals surface area contributed by atoms with Crippen molar-refractivity contribution in [2.45, 2.75) is 26.2 Å². The van der Waals surface area contributed by atoms with Crippen LogP contribution in [0.25, 0.3) is 11.3 Å². The predicted molar refractivity (Wildman–Crippen MR) is 77.1 cm³/mol. The monoisotopic (exact) mass is 257 g/mol. The summed E-state index contributed by atoms with van der Waals surface area (Å²) in [6, 6.07) is 8.27. The molecular weight excluding hydrogens is 238 g/mol. The minimum Gasteiger partial charge on any atom is -0.491 e. The van der Waals surface area contributed by atoms with Crippen molar-refractivity contribution in [3.8, 4) is 17.0 Å². The third kappa shape index (κ3) is 2.67. The van der Waals surface area contributed by atoms with Crippen LogP contribution in [-0.4, -0.2) is 17.1 Å². The van der Waals surface area contributed by atoms with E-state index in [2.05, 4.69) is 42.9 Å². The third-order valence-electron chi connectivity index (χ3n) is 3.06. The highest BCUT2D eigenvalue weighted by molar-refractivity contribution is 5.71. The Labute approximate surface area is 113 Å². The van der Waals surface area contributed by atoms with Crippen LogP contribution >= 0.6 is 0 Å². The maximum absolute atomic E-state index is 5.79. The van der Waals surface area contributed by atoms with Gasteiger partial charge < -0.3 is 10.5 Å². The quantitative estimate of drug-likeness (QED) is 0.898. The van der Waals surface area contributed by atoms with Crippen LogP contribution in [0.2, 0.25) is 0 Å². The van der Waals surface area contributed by atoms with E-state index in [4.69, 9.17) is 10.5 Å². The van der Waals surface area contributed by atoms with Gasteiger partial charge >= 0.3 is 0 Å². The van der Waals surface area contributed by atoms with Crippen LogP contribution in [0.15, 0.2) is 30.6 Å². The Morgan fingerprint density at radius 1 is 1.05 bits per heavy atom. The van der Waals surface area contributed by atoms with Crippen molar-refractivity contribution >= 4 is 5.82 Å². The smallest absolute Gasteiger partial charge is 0.187 e. The topological polar surface area (TPSA) is 61.0 Å². The molecular formula is C15H19N3O. The van der Waals surface area contributed by atoms with Gasteiger partial charge in [-0.05, 0) is 11.0 Å². The number of anilines is 1. The molecule has 0 atom stereocenters. The summed E-state index contributed by atoms with van der Waals surface area (Å²) < 4.78 is 5.28. The number of nitrogens with two attached hydrogens (primary N) is 1. The molecule has 4 nitrogen and oxygen atoms in total. The zero-order valence-corrected chi connectivity index (χ0v) is 11.8. The number of hydrogen-bond acceptors (Lipinski definition) is 4. The van der Waals surface area contributed by atoms with Crippen LogP contribution in [0.1, 0.15) is 26.3 Å². The summed E-state index contributed by atoms with van der Waals surface area (Å²) in [7, 11) is 1.57. The third-order valence-corrected chi connectivity index (χ3v) is 3.06. The molecule has 1 heterocycles. The second-order valence-corrected chi connectivity index (χ2v) is 5.47. The van der Waals surface area contributed by atoms with E-state index in [-0.39, 0.29) is 5.41 Å². The van der Waals surface area contributed by atoms with Crippen LogP contribution in [0, 0.1) is 0 Å². The summed E-state index contributed by atoms with van der Waals surface area (Å²) >= 11 is 0. The van der Waals surface area contributed by atoms with Crippen molar-refractivity contribution < 1.29 is 4.74 Å². The molecule has 0 fully saturated rings. The van der Waals surface area contributed by atoms with E-state index in [1.807, 2.05) is 12.1 Å². The lowest BCUT2D eigenvalue weighted by Crippen LogP contribution is -2.10. The largest absolute Gasteiger partial charge is 0.491 e. The summed E-state index contributed by atoms with van der Waals surface area (Å²) in [6.45, 7) is 6.56. The Hall–Kier alpha value is -2.10. The number of benzene rings is 1. The SMILES string of the molecule is COc1c(N)ncnc1-c1ccc(C(C)(C)C)cc1. The first-order chi connectivity index (χ1) is 8.93. The number of ether oxygens (including phenoxy) is 1.